The first-order valence-electron chi connectivity index (χ1n) is 6.24. The number of hydrogen-bond donors (Lipinski definition) is 2. The number of anilines is 3. The van der Waals surface area contributed by atoms with Crippen molar-refractivity contribution in [3.63, 3.8) is 0 Å². The highest BCUT2D eigenvalue weighted by molar-refractivity contribution is 5.77. The van der Waals surface area contributed by atoms with Gasteiger partial charge in [0.2, 0.25) is 0 Å². The van der Waals surface area contributed by atoms with Crippen molar-refractivity contribution in [2.75, 3.05) is 17.7 Å². The maximum Gasteiger partial charge on any atom is 0.144 e. The first-order valence-corrected chi connectivity index (χ1v) is 6.24. The summed E-state index contributed by atoms with van der Waals surface area (Å²) < 4.78 is 18.7. The lowest BCUT2D eigenvalue weighted by Gasteiger charge is -2.13. The van der Waals surface area contributed by atoms with Crippen LogP contribution < -0.4 is 15.8 Å². The van der Waals surface area contributed by atoms with E-state index in [-0.39, 0.29) is 5.82 Å². The molecule has 0 amide bonds. The highest BCUT2D eigenvalue weighted by Crippen LogP contribution is 2.31. The van der Waals surface area contributed by atoms with Gasteiger partial charge < -0.3 is 15.8 Å². The first kappa shape index (κ1) is 13.2. The van der Waals surface area contributed by atoms with Crippen LogP contribution in [0.3, 0.4) is 0 Å². The number of para-hydroxylation sites is 1. The Morgan fingerprint density at radius 3 is 2.74 bits per heavy atom. The molecule has 3 nitrogen and oxygen atoms in total. The van der Waals surface area contributed by atoms with Crippen LogP contribution >= 0.6 is 0 Å². The molecule has 0 aromatic heterocycles. The molecule has 3 N–H and O–H groups in total. The summed E-state index contributed by atoms with van der Waals surface area (Å²) in [6, 6.07) is 11.7. The van der Waals surface area contributed by atoms with E-state index in [2.05, 4.69) is 5.32 Å². The van der Waals surface area contributed by atoms with Gasteiger partial charge in [0.1, 0.15) is 11.6 Å². The molecule has 0 aliphatic rings. The van der Waals surface area contributed by atoms with Crippen LogP contribution in [0.5, 0.6) is 5.75 Å². The zero-order valence-corrected chi connectivity index (χ0v) is 10.8. The van der Waals surface area contributed by atoms with E-state index in [0.717, 1.165) is 6.42 Å². The summed E-state index contributed by atoms with van der Waals surface area (Å²) in [5, 5.41) is 3.08. The zero-order valence-electron chi connectivity index (χ0n) is 10.8. The van der Waals surface area contributed by atoms with E-state index in [4.69, 9.17) is 10.5 Å². The van der Waals surface area contributed by atoms with Gasteiger partial charge in [0.05, 0.1) is 18.0 Å². The van der Waals surface area contributed by atoms with Gasteiger partial charge in [-0.2, -0.15) is 0 Å². The van der Waals surface area contributed by atoms with E-state index in [1.54, 1.807) is 12.1 Å². The van der Waals surface area contributed by atoms with Gasteiger partial charge in [0.25, 0.3) is 0 Å². The van der Waals surface area contributed by atoms with Crippen molar-refractivity contribution in [2.45, 2.75) is 13.3 Å². The normalized spacial score (nSPS) is 10.2. The standard InChI is InChI=1S/C15H17FN2O/c1-2-9-19-14-8-4-7-13(15(14)17)18-12-6-3-5-11(16)10-12/h3-8,10,18H,2,9,17H2,1H3. The van der Waals surface area contributed by atoms with Crippen molar-refractivity contribution in [1.82, 2.24) is 0 Å². The van der Waals surface area contributed by atoms with E-state index in [9.17, 15) is 4.39 Å². The number of halogens is 1. The monoisotopic (exact) mass is 260 g/mol. The Labute approximate surface area is 112 Å². The minimum atomic E-state index is -0.290. The minimum absolute atomic E-state index is 0.290. The summed E-state index contributed by atoms with van der Waals surface area (Å²) in [6.45, 7) is 2.65. The molecule has 100 valence electrons. The average Bonchev–Trinajstić information content (AvgIpc) is 2.40. The SMILES string of the molecule is CCCOc1cccc(Nc2cccc(F)c2)c1N. The molecule has 19 heavy (non-hydrogen) atoms. The van der Waals surface area contributed by atoms with Crippen molar-refractivity contribution in [2.24, 2.45) is 0 Å². The third-order valence-corrected chi connectivity index (χ3v) is 2.63. The van der Waals surface area contributed by atoms with Crippen LogP contribution in [0.1, 0.15) is 13.3 Å². The molecule has 0 unspecified atom stereocenters. The molecule has 4 heteroatoms. The molecule has 0 bridgehead atoms. The summed E-state index contributed by atoms with van der Waals surface area (Å²) in [7, 11) is 0. The average molecular weight is 260 g/mol. The van der Waals surface area contributed by atoms with Crippen LogP contribution in [0.25, 0.3) is 0 Å². The molecule has 0 spiro atoms. The number of nitrogens with one attached hydrogen (secondary N) is 1. The quantitative estimate of drug-likeness (QED) is 0.800. The number of ether oxygens (including phenoxy) is 1. The molecule has 0 atom stereocenters. The molecule has 2 rings (SSSR count). The number of benzene rings is 2. The summed E-state index contributed by atoms with van der Waals surface area (Å²) in [4.78, 5) is 0. The Morgan fingerprint density at radius 2 is 2.00 bits per heavy atom. The van der Waals surface area contributed by atoms with E-state index < -0.39 is 0 Å². The van der Waals surface area contributed by atoms with Gasteiger partial charge >= 0.3 is 0 Å². The molecule has 0 heterocycles. The largest absolute Gasteiger partial charge is 0.491 e. The molecule has 0 fully saturated rings. The summed E-state index contributed by atoms with van der Waals surface area (Å²) >= 11 is 0. The summed E-state index contributed by atoms with van der Waals surface area (Å²) in [5.74, 6) is 0.352. The molecular weight excluding hydrogens is 243 g/mol. The maximum atomic E-state index is 13.1. The van der Waals surface area contributed by atoms with Gasteiger partial charge in [-0.05, 0) is 36.8 Å². The molecule has 2 aromatic carbocycles. The molecule has 0 aliphatic carbocycles. The first-order chi connectivity index (χ1) is 9.20. The predicted molar refractivity (Wildman–Crippen MR) is 76.3 cm³/mol. The highest BCUT2D eigenvalue weighted by Gasteiger charge is 2.06. The Hall–Kier alpha value is -2.23. The second-order valence-electron chi connectivity index (χ2n) is 4.20. The zero-order chi connectivity index (χ0) is 13.7. The number of hydrogen-bond acceptors (Lipinski definition) is 3. The molecule has 0 aliphatic heterocycles. The Morgan fingerprint density at radius 1 is 1.21 bits per heavy atom. The molecule has 0 saturated heterocycles. The van der Waals surface area contributed by atoms with Crippen LogP contribution in [-0.4, -0.2) is 6.61 Å². The van der Waals surface area contributed by atoms with Gasteiger partial charge in [0.15, 0.2) is 0 Å². The Balaban J connectivity index is 2.20. The summed E-state index contributed by atoms with van der Waals surface area (Å²) in [5.41, 5.74) is 7.92. The lowest BCUT2D eigenvalue weighted by atomic mass is 10.2. The molecule has 0 radical (unpaired) electrons. The highest BCUT2D eigenvalue weighted by atomic mass is 19.1. The predicted octanol–water partition coefficient (Wildman–Crippen LogP) is 3.94. The van der Waals surface area contributed by atoms with Gasteiger partial charge in [-0.3, -0.25) is 0 Å². The van der Waals surface area contributed by atoms with E-state index >= 15 is 0 Å². The van der Waals surface area contributed by atoms with Gasteiger partial charge in [-0.15, -0.1) is 0 Å². The Kier molecular flexibility index (Phi) is 4.23. The maximum absolute atomic E-state index is 13.1. The molecular formula is C15H17FN2O. The molecule has 2 aromatic rings. The number of nitrogens with two attached hydrogens (primary N) is 1. The third-order valence-electron chi connectivity index (χ3n) is 2.63. The third kappa shape index (κ3) is 3.37. The van der Waals surface area contributed by atoms with Gasteiger partial charge in [-0.25, -0.2) is 4.39 Å². The fraction of sp³-hybridized carbons (Fsp3) is 0.200. The van der Waals surface area contributed by atoms with E-state index in [1.807, 2.05) is 25.1 Å². The van der Waals surface area contributed by atoms with Crippen LogP contribution in [0, 0.1) is 5.82 Å². The second-order valence-corrected chi connectivity index (χ2v) is 4.20. The van der Waals surface area contributed by atoms with Crippen molar-refractivity contribution >= 4 is 17.1 Å². The smallest absolute Gasteiger partial charge is 0.144 e. The lowest BCUT2D eigenvalue weighted by molar-refractivity contribution is 0.319. The van der Waals surface area contributed by atoms with Crippen LogP contribution in [0.4, 0.5) is 21.5 Å². The van der Waals surface area contributed by atoms with Crippen molar-refractivity contribution in [1.29, 1.82) is 0 Å². The van der Waals surface area contributed by atoms with Crippen molar-refractivity contribution in [3.8, 4) is 5.75 Å². The molecule has 0 saturated carbocycles. The van der Waals surface area contributed by atoms with Crippen LogP contribution in [-0.2, 0) is 0 Å². The number of rotatable bonds is 5. The van der Waals surface area contributed by atoms with Crippen LogP contribution in [0.2, 0.25) is 0 Å². The topological polar surface area (TPSA) is 47.3 Å². The summed E-state index contributed by atoms with van der Waals surface area (Å²) in [6.07, 6.45) is 0.918. The van der Waals surface area contributed by atoms with Crippen molar-refractivity contribution < 1.29 is 9.13 Å². The fourth-order valence-electron chi connectivity index (χ4n) is 1.71. The van der Waals surface area contributed by atoms with Gasteiger partial charge in [0, 0.05) is 5.69 Å². The second kappa shape index (κ2) is 6.09. The van der Waals surface area contributed by atoms with Gasteiger partial charge in [-0.1, -0.05) is 19.1 Å². The van der Waals surface area contributed by atoms with Crippen molar-refractivity contribution in [3.05, 3.63) is 48.3 Å². The fourth-order valence-corrected chi connectivity index (χ4v) is 1.71. The van der Waals surface area contributed by atoms with Crippen LogP contribution in [0.15, 0.2) is 42.5 Å². The number of nitrogen functional groups attached to an aromatic ring is 1. The minimum Gasteiger partial charge on any atom is -0.491 e. The lowest BCUT2D eigenvalue weighted by Crippen LogP contribution is -2.02. The van der Waals surface area contributed by atoms with E-state index in [1.165, 1.54) is 12.1 Å². The van der Waals surface area contributed by atoms with E-state index in [0.29, 0.717) is 29.4 Å². The Bertz CT molecular complexity index is 558.